The number of rotatable bonds is 8. The van der Waals surface area contributed by atoms with E-state index in [0.717, 1.165) is 33.6 Å². The van der Waals surface area contributed by atoms with E-state index in [9.17, 15) is 24.0 Å². The molecule has 3 aromatic carbocycles. The minimum Gasteiger partial charge on any atom is -0.483 e. The number of aryl methyl sites for hydroxylation is 1. The fraction of sp³-hybridized carbons (Fsp3) is 0.219. The number of nitrogens with zero attached hydrogens (tertiary/aromatic N) is 1. The molecule has 1 fully saturated rings. The lowest BCUT2D eigenvalue weighted by Gasteiger charge is -2.31. The number of esters is 1. The minimum absolute atomic E-state index is 0.213. The number of nitrogens with one attached hydrogen (secondary N) is 2. The van der Waals surface area contributed by atoms with Gasteiger partial charge in [-0.05, 0) is 68.4 Å². The maximum absolute atomic E-state index is 14.1. The Morgan fingerprint density at radius 1 is 1.00 bits per heavy atom. The Balaban J connectivity index is 1.33. The van der Waals surface area contributed by atoms with Gasteiger partial charge < -0.3 is 19.8 Å². The molecule has 3 amide bonds. The molecule has 0 unspecified atom stereocenters. The number of hydrogen-bond donors (Lipinski definition) is 2. The van der Waals surface area contributed by atoms with E-state index >= 15 is 0 Å². The second kappa shape index (κ2) is 12.5. The van der Waals surface area contributed by atoms with Crippen molar-refractivity contribution in [2.45, 2.75) is 30.0 Å². The molecule has 3 atom stereocenters. The summed E-state index contributed by atoms with van der Waals surface area (Å²) in [7, 11) is 0. The highest BCUT2D eigenvalue weighted by Crippen LogP contribution is 2.54. The monoisotopic (exact) mass is 663 g/mol. The lowest BCUT2D eigenvalue weighted by molar-refractivity contribution is -0.122. The maximum Gasteiger partial charge on any atom is 0.338 e. The number of halogens is 1. The third-order valence-corrected chi connectivity index (χ3v) is 10.1. The van der Waals surface area contributed by atoms with Crippen LogP contribution in [0.5, 0.6) is 5.75 Å². The van der Waals surface area contributed by atoms with Crippen molar-refractivity contribution in [3.8, 4) is 5.75 Å². The number of ether oxygens (including phenoxy) is 2. The first-order valence-electron chi connectivity index (χ1n) is 14.0. The van der Waals surface area contributed by atoms with Crippen LogP contribution in [-0.2, 0) is 19.1 Å². The van der Waals surface area contributed by atoms with E-state index in [-0.39, 0.29) is 23.7 Å². The molecule has 0 radical (unpaired) electrons. The molecule has 6 rings (SSSR count). The number of anilines is 2. The SMILES string of the molecule is CCOC(=O)c1ccc(N2C(=O)[C@H]3[C@H](c4cc(Cl)ccc4OCC(=O)Nc4ccc(C)cc4)c4sc(=O)[nH]c4S[C@H]3C2=O)cc1. The quantitative estimate of drug-likeness (QED) is 0.189. The van der Waals surface area contributed by atoms with Gasteiger partial charge in [-0.15, -0.1) is 0 Å². The summed E-state index contributed by atoms with van der Waals surface area (Å²) >= 11 is 8.52. The number of fused-ring (bicyclic) bond motifs is 2. The van der Waals surface area contributed by atoms with Crippen molar-refractivity contribution < 1.29 is 28.7 Å². The molecule has 2 N–H and O–H groups in total. The van der Waals surface area contributed by atoms with E-state index < -0.39 is 40.8 Å². The molecule has 0 bridgehead atoms. The smallest absolute Gasteiger partial charge is 0.338 e. The molecule has 4 aromatic rings. The molecule has 0 spiro atoms. The van der Waals surface area contributed by atoms with Crippen LogP contribution in [0.1, 0.15) is 39.2 Å². The molecule has 3 heterocycles. The number of benzene rings is 3. The second-order valence-corrected chi connectivity index (χ2v) is 13.0. The normalized spacial score (nSPS) is 18.7. The van der Waals surface area contributed by atoms with Gasteiger partial charge >= 0.3 is 10.8 Å². The van der Waals surface area contributed by atoms with Crippen molar-refractivity contribution >= 4 is 69.8 Å². The highest BCUT2D eigenvalue weighted by molar-refractivity contribution is 8.00. The predicted molar refractivity (Wildman–Crippen MR) is 172 cm³/mol. The van der Waals surface area contributed by atoms with Gasteiger partial charge in [-0.2, -0.15) is 0 Å². The first-order chi connectivity index (χ1) is 21.6. The van der Waals surface area contributed by atoms with Crippen LogP contribution in [-0.4, -0.2) is 47.1 Å². The van der Waals surface area contributed by atoms with E-state index in [2.05, 4.69) is 10.3 Å². The summed E-state index contributed by atoms with van der Waals surface area (Å²) in [4.78, 5) is 69.5. The molecule has 2 aliphatic heterocycles. The zero-order valence-corrected chi connectivity index (χ0v) is 26.4. The number of thiazole rings is 1. The van der Waals surface area contributed by atoms with Gasteiger partial charge in [0.15, 0.2) is 6.61 Å². The summed E-state index contributed by atoms with van der Waals surface area (Å²) < 4.78 is 11.0. The van der Waals surface area contributed by atoms with Crippen molar-refractivity contribution in [3.05, 3.63) is 103 Å². The molecule has 13 heteroatoms. The van der Waals surface area contributed by atoms with Crippen molar-refractivity contribution in [1.29, 1.82) is 0 Å². The molecule has 2 aliphatic rings. The number of aromatic amines is 1. The Bertz CT molecular complexity index is 1870. The van der Waals surface area contributed by atoms with Crippen LogP contribution in [0, 0.1) is 12.8 Å². The Hall–Kier alpha value is -4.39. The van der Waals surface area contributed by atoms with Crippen molar-refractivity contribution in [3.63, 3.8) is 0 Å². The highest BCUT2D eigenvalue weighted by atomic mass is 35.5. The van der Waals surface area contributed by atoms with E-state index in [4.69, 9.17) is 21.1 Å². The number of thioether (sulfide) groups is 1. The van der Waals surface area contributed by atoms with Crippen LogP contribution in [0.15, 0.2) is 76.6 Å². The lowest BCUT2D eigenvalue weighted by Crippen LogP contribution is -2.32. The Labute approximate surface area is 270 Å². The lowest BCUT2D eigenvalue weighted by atomic mass is 9.82. The number of hydrogen-bond acceptors (Lipinski definition) is 9. The first kappa shape index (κ1) is 30.6. The van der Waals surface area contributed by atoms with E-state index in [1.807, 2.05) is 19.1 Å². The van der Waals surface area contributed by atoms with E-state index in [0.29, 0.717) is 37.6 Å². The minimum atomic E-state index is -0.909. The summed E-state index contributed by atoms with van der Waals surface area (Å²) in [6.45, 7) is 3.53. The van der Waals surface area contributed by atoms with Crippen LogP contribution in [0.4, 0.5) is 11.4 Å². The molecule has 1 aromatic heterocycles. The summed E-state index contributed by atoms with van der Waals surface area (Å²) in [6.07, 6.45) is 0. The van der Waals surface area contributed by atoms with Crippen molar-refractivity contribution in [2.24, 2.45) is 5.92 Å². The Morgan fingerprint density at radius 2 is 1.73 bits per heavy atom. The van der Waals surface area contributed by atoms with Gasteiger partial charge in [0.05, 0.1) is 28.8 Å². The third kappa shape index (κ3) is 6.00. The summed E-state index contributed by atoms with van der Waals surface area (Å²) in [5.41, 5.74) is 2.73. The average molecular weight is 664 g/mol. The van der Waals surface area contributed by atoms with Gasteiger partial charge in [-0.25, -0.2) is 9.69 Å². The van der Waals surface area contributed by atoms with Crippen LogP contribution in [0.2, 0.25) is 5.02 Å². The topological polar surface area (TPSA) is 135 Å². The van der Waals surface area contributed by atoms with Gasteiger partial charge in [0, 0.05) is 27.1 Å². The molecule has 0 aliphatic carbocycles. The number of H-pyrrole nitrogens is 1. The molecule has 0 saturated carbocycles. The number of imide groups is 1. The Kier molecular flexibility index (Phi) is 8.54. The average Bonchev–Trinajstić information content (AvgIpc) is 3.51. The number of carbonyl (C=O) groups is 4. The molecular weight excluding hydrogens is 638 g/mol. The van der Waals surface area contributed by atoms with Crippen LogP contribution in [0.3, 0.4) is 0 Å². The van der Waals surface area contributed by atoms with Gasteiger partial charge in [0.1, 0.15) is 11.0 Å². The number of carbonyl (C=O) groups excluding carboxylic acids is 4. The molecule has 1 saturated heterocycles. The largest absolute Gasteiger partial charge is 0.483 e. The summed E-state index contributed by atoms with van der Waals surface area (Å²) in [5, 5.41) is 2.77. The van der Waals surface area contributed by atoms with Crippen molar-refractivity contribution in [1.82, 2.24) is 4.98 Å². The van der Waals surface area contributed by atoms with Gasteiger partial charge in [0.2, 0.25) is 11.8 Å². The van der Waals surface area contributed by atoms with E-state index in [1.54, 1.807) is 37.3 Å². The summed E-state index contributed by atoms with van der Waals surface area (Å²) in [5.74, 6) is -3.23. The third-order valence-electron chi connectivity index (χ3n) is 7.46. The van der Waals surface area contributed by atoms with Gasteiger partial charge in [-0.3, -0.25) is 19.2 Å². The summed E-state index contributed by atoms with van der Waals surface area (Å²) in [6, 6.07) is 18.2. The molecule has 230 valence electrons. The maximum atomic E-state index is 14.1. The van der Waals surface area contributed by atoms with Crippen LogP contribution >= 0.6 is 34.7 Å². The second-order valence-electron chi connectivity index (χ2n) is 10.4. The fourth-order valence-electron chi connectivity index (χ4n) is 5.44. The number of amides is 3. The molecular formula is C32H26ClN3O7S2. The van der Waals surface area contributed by atoms with Crippen molar-refractivity contribution in [2.75, 3.05) is 23.4 Å². The Morgan fingerprint density at radius 3 is 2.44 bits per heavy atom. The van der Waals surface area contributed by atoms with Crippen LogP contribution in [0.25, 0.3) is 0 Å². The predicted octanol–water partition coefficient (Wildman–Crippen LogP) is 5.39. The molecule has 10 nitrogen and oxygen atoms in total. The highest BCUT2D eigenvalue weighted by Gasteiger charge is 2.57. The first-order valence-corrected chi connectivity index (χ1v) is 16.1. The molecule has 45 heavy (non-hydrogen) atoms. The van der Waals surface area contributed by atoms with Crippen LogP contribution < -0.4 is 19.8 Å². The van der Waals surface area contributed by atoms with Gasteiger partial charge in [-0.1, -0.05) is 52.4 Å². The standard InChI is InChI=1S/C32H26ClN3O7S2/c1-3-42-31(40)17-6-11-20(12-7-17)36-29(38)25-24(26-28(35-32(41)45-26)44-27(25)30(36)39)21-14-18(33)8-13-22(21)43-15-23(37)34-19-9-4-16(2)5-10-19/h4-14,24-25,27H,3,15H2,1-2H3,(H,34,37)(H,35,41)/t24-,25-,27+/m0/s1. The fourth-order valence-corrected chi connectivity index (χ4v) is 8.13. The van der Waals surface area contributed by atoms with E-state index in [1.165, 1.54) is 24.3 Å². The zero-order chi connectivity index (χ0) is 31.8. The number of aromatic nitrogens is 1. The van der Waals surface area contributed by atoms with Gasteiger partial charge in [0.25, 0.3) is 5.91 Å². The zero-order valence-electron chi connectivity index (χ0n) is 24.0.